The number of nitrogens with zero attached hydrogens (tertiary/aromatic N) is 5. The summed E-state index contributed by atoms with van der Waals surface area (Å²) in [6.07, 6.45) is -1.71. The zero-order valence-electron chi connectivity index (χ0n) is 24.4. The Morgan fingerprint density at radius 2 is 1.93 bits per heavy atom. The Kier molecular flexibility index (Phi) is 7.66. The molecule has 6 rings (SSSR count). The molecule has 3 aliphatic heterocycles. The zero-order valence-corrected chi connectivity index (χ0v) is 24.4. The van der Waals surface area contributed by atoms with Crippen LogP contribution < -0.4 is 19.7 Å². The predicted molar refractivity (Wildman–Crippen MR) is 154 cm³/mol. The van der Waals surface area contributed by atoms with Gasteiger partial charge in [-0.25, -0.2) is 15.0 Å². The predicted octanol–water partition coefficient (Wildman–Crippen LogP) is 4.57. The molecule has 9 nitrogen and oxygen atoms in total. The highest BCUT2D eigenvalue weighted by Gasteiger charge is 2.53. The van der Waals surface area contributed by atoms with Crippen LogP contribution in [0, 0.1) is 5.92 Å². The maximum atomic E-state index is 14.1. The van der Waals surface area contributed by atoms with Gasteiger partial charge in [0.25, 0.3) is 5.91 Å². The molecule has 0 radical (unpaired) electrons. The Morgan fingerprint density at radius 3 is 2.60 bits per heavy atom. The molecule has 43 heavy (non-hydrogen) atoms. The van der Waals surface area contributed by atoms with Gasteiger partial charge in [-0.15, -0.1) is 0 Å². The van der Waals surface area contributed by atoms with Crippen molar-refractivity contribution in [2.24, 2.45) is 5.92 Å². The average Bonchev–Trinajstić information content (AvgIpc) is 2.98. The zero-order chi connectivity index (χ0) is 30.4. The largest absolute Gasteiger partial charge is 0.481 e. The van der Waals surface area contributed by atoms with Gasteiger partial charge in [-0.2, -0.15) is 13.2 Å². The summed E-state index contributed by atoms with van der Waals surface area (Å²) in [7, 11) is 1.30. The molecule has 3 aliphatic rings. The van der Waals surface area contributed by atoms with Crippen molar-refractivity contribution < 1.29 is 27.4 Å². The second-order valence-electron chi connectivity index (χ2n) is 11.3. The SMILES string of the molecule is CCOc1ncccc1-c1ccc2c(n1)C(=O)N(C1CNC1)C[C@]21CCN(c2ccc(OC)nc2C(F)(F)F)C[C@H]1CC. The van der Waals surface area contributed by atoms with Crippen molar-refractivity contribution in [2.45, 2.75) is 44.3 Å². The fourth-order valence-corrected chi connectivity index (χ4v) is 6.78. The van der Waals surface area contributed by atoms with E-state index < -0.39 is 17.3 Å². The van der Waals surface area contributed by atoms with Crippen molar-refractivity contribution in [3.63, 3.8) is 0 Å². The van der Waals surface area contributed by atoms with E-state index in [1.54, 1.807) is 17.2 Å². The van der Waals surface area contributed by atoms with Crippen LogP contribution in [0.5, 0.6) is 11.8 Å². The third-order valence-electron chi connectivity index (χ3n) is 9.09. The number of halogens is 3. The molecule has 2 fully saturated rings. The van der Waals surface area contributed by atoms with E-state index in [9.17, 15) is 18.0 Å². The first kappa shape index (κ1) is 29.2. The maximum absolute atomic E-state index is 14.1. The van der Waals surface area contributed by atoms with Crippen molar-refractivity contribution in [3.8, 4) is 23.0 Å². The molecule has 2 atom stereocenters. The topological polar surface area (TPSA) is 92.7 Å². The average molecular weight is 597 g/mol. The van der Waals surface area contributed by atoms with Gasteiger partial charge in [0.2, 0.25) is 11.8 Å². The Labute approximate surface area is 248 Å². The molecular weight excluding hydrogens is 561 g/mol. The van der Waals surface area contributed by atoms with E-state index in [0.717, 1.165) is 5.56 Å². The number of nitrogens with one attached hydrogen (secondary N) is 1. The standard InChI is InChI=1S/C31H35F3N6O3/c1-4-19-17-39(24-10-11-25(42-3)38-27(24)31(32,33)34)14-12-30(19)18-40(20-15-35-16-20)29(41)26-22(30)8-9-23(37-26)21-7-6-13-36-28(21)43-5-2/h6-11,13,19-20,35H,4-5,12,14-18H2,1-3H3/t19-,30+/m1/s1. The summed E-state index contributed by atoms with van der Waals surface area (Å²) >= 11 is 0. The molecule has 1 N–H and O–H groups in total. The summed E-state index contributed by atoms with van der Waals surface area (Å²) < 4.78 is 53.1. The Bertz CT molecular complexity index is 1510. The first-order valence-corrected chi connectivity index (χ1v) is 14.7. The lowest BCUT2D eigenvalue weighted by Crippen LogP contribution is -2.66. The number of anilines is 1. The van der Waals surface area contributed by atoms with E-state index >= 15 is 0 Å². The first-order chi connectivity index (χ1) is 20.7. The molecule has 1 amide bonds. The van der Waals surface area contributed by atoms with E-state index in [-0.39, 0.29) is 29.4 Å². The summed E-state index contributed by atoms with van der Waals surface area (Å²) in [5.41, 5.74) is 1.18. The van der Waals surface area contributed by atoms with Gasteiger partial charge in [0.15, 0.2) is 5.69 Å². The van der Waals surface area contributed by atoms with E-state index in [1.807, 2.05) is 30.0 Å². The lowest BCUT2D eigenvalue weighted by molar-refractivity contribution is -0.140. The number of methoxy groups -OCH3 is 1. The van der Waals surface area contributed by atoms with Gasteiger partial charge in [-0.1, -0.05) is 19.4 Å². The first-order valence-electron chi connectivity index (χ1n) is 14.7. The van der Waals surface area contributed by atoms with Crippen molar-refractivity contribution in [3.05, 3.63) is 59.5 Å². The Hall–Kier alpha value is -3.93. The number of amides is 1. The number of carbonyl (C=O) groups is 1. The quantitative estimate of drug-likeness (QED) is 0.424. The van der Waals surface area contributed by atoms with Gasteiger partial charge in [0.05, 0.1) is 36.7 Å². The summed E-state index contributed by atoms with van der Waals surface area (Å²) in [6.45, 7) is 7.04. The highest BCUT2D eigenvalue weighted by Crippen LogP contribution is 2.49. The number of hydrogen-bond donors (Lipinski definition) is 1. The molecule has 0 aliphatic carbocycles. The molecule has 6 heterocycles. The van der Waals surface area contributed by atoms with Gasteiger partial charge in [-0.3, -0.25) is 4.79 Å². The fraction of sp³-hybridized carbons (Fsp3) is 0.484. The van der Waals surface area contributed by atoms with Gasteiger partial charge in [0, 0.05) is 50.4 Å². The number of alkyl halides is 3. The summed E-state index contributed by atoms with van der Waals surface area (Å²) in [6, 6.07) is 10.5. The number of carbonyl (C=O) groups excluding carboxylic acids is 1. The smallest absolute Gasteiger partial charge is 0.435 e. The number of pyridine rings is 3. The minimum Gasteiger partial charge on any atom is -0.481 e. The highest BCUT2D eigenvalue weighted by atomic mass is 19.4. The van der Waals surface area contributed by atoms with E-state index in [1.165, 1.54) is 19.2 Å². The lowest BCUT2D eigenvalue weighted by Gasteiger charge is -2.55. The molecule has 2 saturated heterocycles. The number of rotatable bonds is 7. The number of fused-ring (bicyclic) bond motifs is 2. The van der Waals surface area contributed by atoms with Crippen molar-refractivity contribution in [1.29, 1.82) is 0 Å². The van der Waals surface area contributed by atoms with Crippen LogP contribution in [0.1, 0.15) is 48.4 Å². The molecule has 3 aromatic heterocycles. The third-order valence-corrected chi connectivity index (χ3v) is 9.09. The number of piperidine rings is 1. The fourth-order valence-electron chi connectivity index (χ4n) is 6.78. The van der Waals surface area contributed by atoms with Crippen LogP contribution in [-0.4, -0.2) is 78.2 Å². The Balaban J connectivity index is 1.42. The maximum Gasteiger partial charge on any atom is 0.435 e. The molecular formula is C31H35F3N6O3. The molecule has 1 spiro atoms. The molecule has 12 heteroatoms. The molecule has 0 bridgehead atoms. The molecule has 0 aromatic carbocycles. The van der Waals surface area contributed by atoms with E-state index in [0.29, 0.717) is 75.0 Å². The number of ether oxygens (including phenoxy) is 2. The van der Waals surface area contributed by atoms with Gasteiger partial charge in [0.1, 0.15) is 5.69 Å². The number of aromatic nitrogens is 3. The lowest BCUT2D eigenvalue weighted by atomic mass is 9.62. The normalized spacial score (nSPS) is 22.4. The number of hydrogen-bond acceptors (Lipinski definition) is 8. The van der Waals surface area contributed by atoms with Gasteiger partial charge in [-0.05, 0) is 49.1 Å². The highest BCUT2D eigenvalue weighted by molar-refractivity contribution is 5.96. The van der Waals surface area contributed by atoms with Crippen LogP contribution in [0.25, 0.3) is 11.3 Å². The van der Waals surface area contributed by atoms with E-state index in [4.69, 9.17) is 14.5 Å². The summed E-state index contributed by atoms with van der Waals surface area (Å²) in [5.74, 6) is 0.205. The van der Waals surface area contributed by atoms with Crippen LogP contribution in [0.2, 0.25) is 0 Å². The van der Waals surface area contributed by atoms with Crippen LogP contribution >= 0.6 is 0 Å². The van der Waals surface area contributed by atoms with Crippen LogP contribution in [0.3, 0.4) is 0 Å². The second-order valence-corrected chi connectivity index (χ2v) is 11.3. The van der Waals surface area contributed by atoms with Crippen molar-refractivity contribution in [1.82, 2.24) is 25.2 Å². The Morgan fingerprint density at radius 1 is 1.12 bits per heavy atom. The van der Waals surface area contributed by atoms with Gasteiger partial charge >= 0.3 is 6.18 Å². The van der Waals surface area contributed by atoms with Crippen molar-refractivity contribution >= 4 is 11.6 Å². The van der Waals surface area contributed by atoms with Crippen LogP contribution in [0.15, 0.2) is 42.6 Å². The molecule has 0 saturated carbocycles. The second kappa shape index (κ2) is 11.3. The molecule has 0 unspecified atom stereocenters. The summed E-state index contributed by atoms with van der Waals surface area (Å²) in [4.78, 5) is 30.8. The van der Waals surface area contributed by atoms with Crippen LogP contribution in [0.4, 0.5) is 18.9 Å². The van der Waals surface area contributed by atoms with Crippen molar-refractivity contribution in [2.75, 3.05) is 51.3 Å². The minimum absolute atomic E-state index is 0.0403. The minimum atomic E-state index is -4.63. The third kappa shape index (κ3) is 5.05. The van der Waals surface area contributed by atoms with E-state index in [2.05, 4.69) is 22.2 Å². The monoisotopic (exact) mass is 596 g/mol. The molecule has 3 aromatic rings. The molecule has 228 valence electrons. The summed E-state index contributed by atoms with van der Waals surface area (Å²) in [5, 5.41) is 3.27. The van der Waals surface area contributed by atoms with Gasteiger partial charge < -0.3 is 24.6 Å². The van der Waals surface area contributed by atoms with Crippen LogP contribution in [-0.2, 0) is 11.6 Å².